The third kappa shape index (κ3) is 6.15. The van der Waals surface area contributed by atoms with Gasteiger partial charge in [0.2, 0.25) is 11.7 Å². The summed E-state index contributed by atoms with van der Waals surface area (Å²) in [5, 5.41) is 19.2. The van der Waals surface area contributed by atoms with E-state index in [0.717, 1.165) is 33.2 Å². The van der Waals surface area contributed by atoms with Crippen LogP contribution in [0, 0.1) is 6.92 Å². The number of aryl methyl sites for hydroxylation is 1. The normalized spacial score (nSPS) is 15.5. The van der Waals surface area contributed by atoms with E-state index in [2.05, 4.69) is 15.2 Å². The van der Waals surface area contributed by atoms with Gasteiger partial charge >= 0.3 is 6.18 Å². The summed E-state index contributed by atoms with van der Waals surface area (Å²) < 4.78 is 50.5. The molecule has 5 aromatic heterocycles. The lowest BCUT2D eigenvalue weighted by Gasteiger charge is -2.37. The van der Waals surface area contributed by atoms with Crippen LogP contribution in [0.4, 0.5) is 18.9 Å². The number of amides is 2. The van der Waals surface area contributed by atoms with E-state index in [1.807, 2.05) is 6.07 Å². The summed E-state index contributed by atoms with van der Waals surface area (Å²) in [4.78, 5) is 55.7. The molecule has 20 heteroatoms. The van der Waals surface area contributed by atoms with Crippen molar-refractivity contribution < 1.29 is 32.6 Å². The quantitative estimate of drug-likeness (QED) is 0.240. The fourth-order valence-electron chi connectivity index (χ4n) is 7.20. The van der Waals surface area contributed by atoms with E-state index in [1.165, 1.54) is 31.5 Å². The molecule has 0 saturated carbocycles. The molecule has 1 atom stereocenters. The molecule has 0 bridgehead atoms. The number of thiophene rings is 1. The molecule has 55 heavy (non-hydrogen) atoms. The monoisotopic (exact) mass is 796 g/mol. The number of ether oxygens (including phenoxy) is 1. The topological polar surface area (TPSA) is 178 Å². The maximum absolute atomic E-state index is 14.6. The van der Waals surface area contributed by atoms with Gasteiger partial charge in [-0.05, 0) is 43.5 Å². The lowest BCUT2D eigenvalue weighted by Crippen LogP contribution is -2.51. The Morgan fingerprint density at radius 2 is 1.87 bits per heavy atom. The molecule has 1 unspecified atom stereocenters. The SMILES string of the molecule is CCc1c(N2CCN(C(=O)c3nc4ccnn4c(C)c3O)CC2)c(=O)n2nc(-c3cc4c(s3)COCC4)nc2n1C(C(N)=O)c1ccc(C(F)(F)F)cc1Cl. The fraction of sp³-hybridized carbons (Fsp3) is 0.343. The maximum atomic E-state index is 14.6. The number of primary amides is 1. The van der Waals surface area contributed by atoms with Gasteiger partial charge in [0.1, 0.15) is 11.7 Å². The number of nitrogens with zero attached hydrogens (tertiary/aromatic N) is 9. The molecule has 15 nitrogen and oxygen atoms in total. The predicted molar refractivity (Wildman–Crippen MR) is 195 cm³/mol. The average molecular weight is 797 g/mol. The summed E-state index contributed by atoms with van der Waals surface area (Å²) >= 11 is 7.89. The number of alkyl halides is 3. The van der Waals surface area contributed by atoms with Gasteiger partial charge in [-0.1, -0.05) is 24.6 Å². The van der Waals surface area contributed by atoms with Crippen molar-refractivity contribution in [3.63, 3.8) is 0 Å². The van der Waals surface area contributed by atoms with Crippen LogP contribution < -0.4 is 16.2 Å². The number of rotatable bonds is 7. The Kier molecular flexibility index (Phi) is 9.04. The minimum atomic E-state index is -4.70. The first-order valence-electron chi connectivity index (χ1n) is 17.2. The standard InChI is InChI=1S/C35H32ClF3N10O5S/c1-3-22-28(45-9-11-46(12-10-45)32(52)26-29(50)17(2)48-25(42-26)6-8-41-48)33(53)49-34(43-31(44-49)23-14-18-7-13-54-16-24(18)55-23)47(22)27(30(40)51)20-5-4-19(15-21(20)36)35(37,38)39/h4-6,8,14-15,27,50H,3,7,9-13,16H2,1-2H3,(H2,40,51). The van der Waals surface area contributed by atoms with E-state index >= 15 is 0 Å². The molecular weight excluding hydrogens is 765 g/mol. The summed E-state index contributed by atoms with van der Waals surface area (Å²) in [5.41, 5.74) is 6.54. The van der Waals surface area contributed by atoms with E-state index in [0.29, 0.717) is 41.5 Å². The van der Waals surface area contributed by atoms with Gasteiger partial charge in [0, 0.05) is 47.7 Å². The summed E-state index contributed by atoms with van der Waals surface area (Å²) in [6.07, 6.45) is -2.36. The molecule has 1 saturated heterocycles. The van der Waals surface area contributed by atoms with Crippen molar-refractivity contribution in [1.29, 1.82) is 0 Å². The van der Waals surface area contributed by atoms with Crippen LogP contribution in [0.3, 0.4) is 0 Å². The van der Waals surface area contributed by atoms with E-state index in [9.17, 15) is 32.7 Å². The zero-order chi connectivity index (χ0) is 38.9. The zero-order valence-corrected chi connectivity index (χ0v) is 30.9. The van der Waals surface area contributed by atoms with Gasteiger partial charge in [0.15, 0.2) is 22.9 Å². The first-order chi connectivity index (χ1) is 26.3. The fourth-order valence-corrected chi connectivity index (χ4v) is 8.56. The Labute approximate surface area is 318 Å². The molecule has 0 spiro atoms. The third-order valence-electron chi connectivity index (χ3n) is 9.93. The van der Waals surface area contributed by atoms with Gasteiger partial charge in [-0.15, -0.1) is 16.4 Å². The highest BCUT2D eigenvalue weighted by atomic mass is 35.5. The third-order valence-corrected chi connectivity index (χ3v) is 11.4. The molecule has 1 fully saturated rings. The first-order valence-corrected chi connectivity index (χ1v) is 18.4. The number of fused-ring (bicyclic) bond motifs is 3. The van der Waals surface area contributed by atoms with Crippen LogP contribution in [0.15, 0.2) is 41.3 Å². The predicted octanol–water partition coefficient (Wildman–Crippen LogP) is 4.02. The minimum absolute atomic E-state index is 0.0326. The van der Waals surface area contributed by atoms with Crippen molar-refractivity contribution in [1.82, 2.24) is 38.7 Å². The zero-order valence-electron chi connectivity index (χ0n) is 29.3. The molecule has 0 radical (unpaired) electrons. The molecule has 7 heterocycles. The lowest BCUT2D eigenvalue weighted by molar-refractivity contribution is -0.137. The van der Waals surface area contributed by atoms with Crippen LogP contribution in [-0.2, 0) is 35.2 Å². The van der Waals surface area contributed by atoms with Crippen molar-refractivity contribution in [2.24, 2.45) is 5.73 Å². The van der Waals surface area contributed by atoms with Crippen LogP contribution in [0.5, 0.6) is 5.75 Å². The van der Waals surface area contributed by atoms with Gasteiger partial charge in [0.25, 0.3) is 11.5 Å². The maximum Gasteiger partial charge on any atom is 0.416 e. The van der Waals surface area contributed by atoms with E-state index < -0.39 is 35.2 Å². The smallest absolute Gasteiger partial charge is 0.416 e. The van der Waals surface area contributed by atoms with E-state index in [1.54, 1.807) is 24.8 Å². The number of carbonyl (C=O) groups excluding carboxylic acids is 2. The number of piperazine rings is 1. The van der Waals surface area contributed by atoms with E-state index in [-0.39, 0.29) is 71.9 Å². The second kappa shape index (κ2) is 13.6. The van der Waals surface area contributed by atoms with Gasteiger partial charge < -0.3 is 25.4 Å². The Morgan fingerprint density at radius 1 is 1.11 bits per heavy atom. The van der Waals surface area contributed by atoms with Gasteiger partial charge in [0.05, 0.1) is 41.2 Å². The summed E-state index contributed by atoms with van der Waals surface area (Å²) in [5.74, 6) is -1.65. The van der Waals surface area contributed by atoms with Gasteiger partial charge in [-0.25, -0.2) is 9.50 Å². The molecule has 2 aliphatic heterocycles. The van der Waals surface area contributed by atoms with Gasteiger partial charge in [-0.3, -0.25) is 19.0 Å². The van der Waals surface area contributed by atoms with Crippen LogP contribution >= 0.6 is 22.9 Å². The van der Waals surface area contributed by atoms with Crippen LogP contribution in [-0.4, -0.2) is 88.4 Å². The highest BCUT2D eigenvalue weighted by Crippen LogP contribution is 2.38. The number of hydrogen-bond acceptors (Lipinski definition) is 11. The molecule has 0 aliphatic carbocycles. The largest absolute Gasteiger partial charge is 0.504 e. The number of aromatic hydroxyl groups is 1. The number of aromatic nitrogens is 7. The minimum Gasteiger partial charge on any atom is -0.504 e. The molecule has 8 rings (SSSR count). The van der Waals surface area contributed by atoms with Crippen LogP contribution in [0.2, 0.25) is 5.02 Å². The first kappa shape index (κ1) is 36.4. The van der Waals surface area contributed by atoms with E-state index in [4.69, 9.17) is 27.1 Å². The Morgan fingerprint density at radius 3 is 2.55 bits per heavy atom. The Hall–Kier alpha value is -5.53. The molecular formula is C35H32ClF3N10O5S. The number of nitrogens with two attached hydrogens (primary N) is 1. The summed E-state index contributed by atoms with van der Waals surface area (Å²) in [6, 6.07) is 4.67. The van der Waals surface area contributed by atoms with Crippen LogP contribution in [0.1, 0.15) is 56.4 Å². The second-order valence-corrected chi connectivity index (χ2v) is 14.7. The Bertz CT molecular complexity index is 2570. The molecule has 2 amide bonds. The number of anilines is 1. The highest BCUT2D eigenvalue weighted by Gasteiger charge is 2.36. The van der Waals surface area contributed by atoms with Crippen molar-refractivity contribution in [2.45, 2.75) is 45.5 Å². The van der Waals surface area contributed by atoms with Crippen LogP contribution in [0.25, 0.3) is 22.1 Å². The number of benzene rings is 1. The molecule has 286 valence electrons. The molecule has 2 aliphatic rings. The average Bonchev–Trinajstić information content (AvgIpc) is 3.93. The van der Waals surface area contributed by atoms with Crippen molar-refractivity contribution in [3.8, 4) is 16.5 Å². The molecule has 6 aromatic rings. The number of halogens is 4. The highest BCUT2D eigenvalue weighted by molar-refractivity contribution is 7.15. The van der Waals surface area contributed by atoms with Crippen molar-refractivity contribution in [3.05, 3.63) is 90.6 Å². The van der Waals surface area contributed by atoms with Gasteiger partial charge in [-0.2, -0.15) is 27.8 Å². The lowest BCUT2D eigenvalue weighted by atomic mass is 10.0. The molecule has 1 aromatic carbocycles. The Balaban J connectivity index is 1.24. The summed E-state index contributed by atoms with van der Waals surface area (Å²) in [7, 11) is 0. The number of carbonyl (C=O) groups is 2. The summed E-state index contributed by atoms with van der Waals surface area (Å²) in [6.45, 7) is 4.89. The second-order valence-electron chi connectivity index (χ2n) is 13.1. The number of hydrogen-bond donors (Lipinski definition) is 2. The van der Waals surface area contributed by atoms with Crippen molar-refractivity contribution >= 4 is 51.9 Å². The molecule has 3 N–H and O–H groups in total. The van der Waals surface area contributed by atoms with Crippen molar-refractivity contribution in [2.75, 3.05) is 37.7 Å².